The number of hydrogen-bond donors (Lipinski definition) is 1. The van der Waals surface area contributed by atoms with E-state index in [0.717, 1.165) is 6.07 Å². The Bertz CT molecular complexity index is 249. The summed E-state index contributed by atoms with van der Waals surface area (Å²) in [6.45, 7) is 0. The fourth-order valence-electron chi connectivity index (χ4n) is 0.134. The van der Waals surface area contributed by atoms with Crippen molar-refractivity contribution in [3.8, 4) is 6.07 Å². The molecule has 0 aliphatic rings. The number of halogens is 1. The molecule has 0 saturated heterocycles. The van der Waals surface area contributed by atoms with Crippen LogP contribution >= 0.6 is 10.7 Å². The number of carbonyl (C=O) groups excluding carboxylic acids is 1. The van der Waals surface area contributed by atoms with Crippen molar-refractivity contribution >= 4 is 25.8 Å². The van der Waals surface area contributed by atoms with Crippen molar-refractivity contribution in [2.75, 3.05) is 0 Å². The van der Waals surface area contributed by atoms with Crippen molar-refractivity contribution in [2.24, 2.45) is 0 Å². The molecule has 0 aromatic heterocycles. The van der Waals surface area contributed by atoms with Crippen LogP contribution in [-0.2, 0) is 14.0 Å². The topological polar surface area (TPSA) is 87.0 Å². The smallest absolute Gasteiger partial charge is 0.256 e. The SMILES string of the molecule is N#CC(=O)NS(=O)(=O)Cl. The van der Waals surface area contributed by atoms with Gasteiger partial charge in [-0.1, -0.05) is 0 Å². The van der Waals surface area contributed by atoms with E-state index in [4.69, 9.17) is 5.26 Å². The van der Waals surface area contributed by atoms with Gasteiger partial charge in [0.15, 0.2) is 6.07 Å². The summed E-state index contributed by atoms with van der Waals surface area (Å²) in [7, 11) is 0.411. The average Bonchev–Trinajstić information content (AvgIpc) is 1.62. The van der Waals surface area contributed by atoms with Crippen LogP contribution in [0.3, 0.4) is 0 Å². The zero-order valence-corrected chi connectivity index (χ0v) is 5.53. The monoisotopic (exact) mass is 168 g/mol. The summed E-state index contributed by atoms with van der Waals surface area (Å²) >= 11 is 0. The third kappa shape index (κ3) is 5.06. The number of rotatable bonds is 1. The Balaban J connectivity index is 4.12. The first-order chi connectivity index (χ1) is 3.95. The lowest BCUT2D eigenvalue weighted by Crippen LogP contribution is -2.24. The van der Waals surface area contributed by atoms with Gasteiger partial charge >= 0.3 is 15.1 Å². The van der Waals surface area contributed by atoms with E-state index in [1.54, 1.807) is 0 Å². The average molecular weight is 169 g/mol. The molecule has 0 aromatic rings. The summed E-state index contributed by atoms with van der Waals surface area (Å²) in [6.07, 6.45) is 0. The lowest BCUT2D eigenvalue weighted by Gasteiger charge is -1.88. The molecule has 9 heavy (non-hydrogen) atoms. The van der Waals surface area contributed by atoms with Crippen LogP contribution in [0, 0.1) is 11.3 Å². The fourth-order valence-corrected chi connectivity index (χ4v) is 0.611. The van der Waals surface area contributed by atoms with Crippen LogP contribution in [0.25, 0.3) is 0 Å². The van der Waals surface area contributed by atoms with E-state index in [9.17, 15) is 13.2 Å². The molecule has 0 bridgehead atoms. The second-order valence-electron chi connectivity index (χ2n) is 0.981. The molecule has 0 fully saturated rings. The molecule has 0 spiro atoms. The van der Waals surface area contributed by atoms with Gasteiger partial charge in [0.25, 0.3) is 0 Å². The highest BCUT2D eigenvalue weighted by Gasteiger charge is 2.07. The van der Waals surface area contributed by atoms with Crippen molar-refractivity contribution < 1.29 is 13.2 Å². The highest BCUT2D eigenvalue weighted by Crippen LogP contribution is 1.86. The summed E-state index contributed by atoms with van der Waals surface area (Å²) in [4.78, 5) is 9.89. The molecule has 1 N–H and O–H groups in total. The predicted octanol–water partition coefficient (Wildman–Crippen LogP) is -0.890. The van der Waals surface area contributed by atoms with E-state index in [1.165, 1.54) is 4.72 Å². The first kappa shape index (κ1) is 8.20. The highest BCUT2D eigenvalue weighted by molar-refractivity contribution is 8.12. The Morgan fingerprint density at radius 1 is 1.67 bits per heavy atom. The molecular weight excluding hydrogens is 168 g/mol. The minimum Gasteiger partial charge on any atom is -0.256 e. The van der Waals surface area contributed by atoms with Crippen LogP contribution in [0.2, 0.25) is 0 Å². The second kappa shape index (κ2) is 2.66. The maximum Gasteiger partial charge on any atom is 0.336 e. The maximum atomic E-state index is 9.89. The molecule has 5 nitrogen and oxygen atoms in total. The Morgan fingerprint density at radius 2 is 2.11 bits per heavy atom. The summed E-state index contributed by atoms with van der Waals surface area (Å²) in [5, 5.41) is 7.71. The van der Waals surface area contributed by atoms with Crippen molar-refractivity contribution in [3.63, 3.8) is 0 Å². The maximum absolute atomic E-state index is 9.89. The molecule has 0 radical (unpaired) electrons. The molecule has 7 heteroatoms. The minimum absolute atomic E-state index is 1.01. The van der Waals surface area contributed by atoms with E-state index >= 15 is 0 Å². The van der Waals surface area contributed by atoms with Crippen LogP contribution < -0.4 is 4.72 Å². The largest absolute Gasteiger partial charge is 0.336 e. The molecule has 0 atom stereocenters. The summed E-state index contributed by atoms with van der Waals surface area (Å²) < 4.78 is 21.0. The molecule has 0 unspecified atom stereocenters. The van der Waals surface area contributed by atoms with Crippen LogP contribution in [0.1, 0.15) is 0 Å². The number of amides is 1. The first-order valence-corrected chi connectivity index (χ1v) is 3.93. The molecule has 0 aliphatic carbocycles. The highest BCUT2D eigenvalue weighted by atomic mass is 35.7. The molecule has 0 rings (SSSR count). The van der Waals surface area contributed by atoms with Crippen LogP contribution in [0.5, 0.6) is 0 Å². The zero-order chi connectivity index (χ0) is 7.49. The Morgan fingerprint density at radius 3 is 2.22 bits per heavy atom. The van der Waals surface area contributed by atoms with E-state index in [2.05, 4.69) is 10.7 Å². The van der Waals surface area contributed by atoms with Crippen molar-refractivity contribution in [1.82, 2.24) is 4.72 Å². The third-order valence-electron chi connectivity index (χ3n) is 0.316. The van der Waals surface area contributed by atoms with E-state index in [1.807, 2.05) is 0 Å². The summed E-state index contributed by atoms with van der Waals surface area (Å²) in [6, 6.07) is 1.01. The van der Waals surface area contributed by atoms with Crippen LogP contribution in [-0.4, -0.2) is 14.3 Å². The summed E-state index contributed by atoms with van der Waals surface area (Å²) in [5.41, 5.74) is 0. The normalized spacial score (nSPS) is 9.78. The Kier molecular flexibility index (Phi) is 2.42. The quantitative estimate of drug-likeness (QED) is 0.407. The number of carbonyl (C=O) groups is 1. The summed E-state index contributed by atoms with van der Waals surface area (Å²) in [5.74, 6) is -1.30. The molecule has 0 saturated carbocycles. The van der Waals surface area contributed by atoms with Crippen molar-refractivity contribution in [3.05, 3.63) is 0 Å². The van der Waals surface area contributed by atoms with Gasteiger partial charge in [0.2, 0.25) is 0 Å². The minimum atomic E-state index is -4.09. The van der Waals surface area contributed by atoms with Crippen molar-refractivity contribution in [1.29, 1.82) is 5.26 Å². The Hall–Kier alpha value is -0.800. The Labute approximate surface area is 55.8 Å². The number of nitriles is 1. The van der Waals surface area contributed by atoms with Gasteiger partial charge in [-0.25, -0.2) is 4.72 Å². The lowest BCUT2D eigenvalue weighted by atomic mass is 10.7. The van der Waals surface area contributed by atoms with E-state index in [-0.39, 0.29) is 0 Å². The van der Waals surface area contributed by atoms with Gasteiger partial charge in [0, 0.05) is 10.7 Å². The number of hydrogen-bond acceptors (Lipinski definition) is 4. The van der Waals surface area contributed by atoms with E-state index < -0.39 is 15.1 Å². The molecule has 0 aromatic carbocycles. The number of nitrogens with zero attached hydrogens (tertiary/aromatic N) is 1. The molecule has 0 heterocycles. The van der Waals surface area contributed by atoms with Gasteiger partial charge in [-0.2, -0.15) is 13.7 Å². The van der Waals surface area contributed by atoms with Gasteiger partial charge in [0.1, 0.15) is 0 Å². The predicted molar refractivity (Wildman–Crippen MR) is 28.5 cm³/mol. The van der Waals surface area contributed by atoms with Crippen LogP contribution in [0.4, 0.5) is 0 Å². The first-order valence-electron chi connectivity index (χ1n) is 1.62. The third-order valence-corrected chi connectivity index (χ3v) is 0.977. The van der Waals surface area contributed by atoms with Crippen LogP contribution in [0.15, 0.2) is 0 Å². The van der Waals surface area contributed by atoms with Gasteiger partial charge in [0.05, 0.1) is 0 Å². The fraction of sp³-hybridized carbons (Fsp3) is 0. The standard InChI is InChI=1S/C2HClN2O3S/c3-9(7,8)5-2(6)1-4/h(H,5,6). The molecule has 0 aliphatic heterocycles. The van der Waals surface area contributed by atoms with Gasteiger partial charge in [-0.05, 0) is 0 Å². The molecule has 1 amide bonds. The van der Waals surface area contributed by atoms with Crippen molar-refractivity contribution in [2.45, 2.75) is 0 Å². The van der Waals surface area contributed by atoms with Gasteiger partial charge in [-0.3, -0.25) is 4.79 Å². The molecule has 50 valence electrons. The second-order valence-corrected chi connectivity index (χ2v) is 3.28. The lowest BCUT2D eigenvalue weighted by molar-refractivity contribution is -0.114. The zero-order valence-electron chi connectivity index (χ0n) is 3.96. The van der Waals surface area contributed by atoms with Gasteiger partial charge < -0.3 is 0 Å². The van der Waals surface area contributed by atoms with Gasteiger partial charge in [-0.15, -0.1) is 0 Å². The molecular formula is C2HClN2O3S. The van der Waals surface area contributed by atoms with E-state index in [0.29, 0.717) is 0 Å². The number of nitrogens with one attached hydrogen (secondary N) is 1.